The van der Waals surface area contributed by atoms with Crippen LogP contribution in [0.4, 0.5) is 0 Å². The minimum absolute atomic E-state index is 0.110. The second-order valence-corrected chi connectivity index (χ2v) is 5.48. The minimum atomic E-state index is -0.302. The van der Waals surface area contributed by atoms with E-state index in [1.807, 2.05) is 19.3 Å². The summed E-state index contributed by atoms with van der Waals surface area (Å²) in [6.07, 6.45) is 4.51. The average molecular weight is 250 g/mol. The number of hydrogen-bond donors (Lipinski definition) is 2. The van der Waals surface area contributed by atoms with E-state index in [-0.39, 0.29) is 11.3 Å². The molecule has 1 aromatic rings. The largest absolute Gasteiger partial charge is 0.355 e. The molecule has 0 atom stereocenters. The van der Waals surface area contributed by atoms with Gasteiger partial charge >= 0.3 is 0 Å². The summed E-state index contributed by atoms with van der Waals surface area (Å²) >= 11 is 0. The van der Waals surface area contributed by atoms with Gasteiger partial charge in [0.2, 0.25) is 5.91 Å². The Morgan fingerprint density at radius 2 is 2.39 bits per heavy atom. The molecule has 1 aliphatic carbocycles. The SMILES string of the molecule is CC1CC(CN)(C(=O)NCCc2ccn(C)n2)C1. The van der Waals surface area contributed by atoms with Crippen molar-refractivity contribution in [2.45, 2.75) is 26.2 Å². The number of nitrogens with zero attached hydrogens (tertiary/aromatic N) is 2. The van der Waals surface area contributed by atoms with Gasteiger partial charge in [-0.2, -0.15) is 5.10 Å². The first kappa shape index (κ1) is 13.1. The summed E-state index contributed by atoms with van der Waals surface area (Å²) in [4.78, 5) is 12.1. The van der Waals surface area contributed by atoms with Crippen molar-refractivity contribution < 1.29 is 4.79 Å². The number of carbonyl (C=O) groups is 1. The third-order valence-electron chi connectivity index (χ3n) is 3.79. The molecular weight excluding hydrogens is 228 g/mol. The summed E-state index contributed by atoms with van der Waals surface area (Å²) in [7, 11) is 1.89. The topological polar surface area (TPSA) is 72.9 Å². The lowest BCUT2D eigenvalue weighted by molar-refractivity contribution is -0.138. The average Bonchev–Trinajstić information content (AvgIpc) is 2.70. The van der Waals surface area contributed by atoms with Gasteiger partial charge in [0.15, 0.2) is 0 Å². The van der Waals surface area contributed by atoms with Crippen LogP contribution in [0.2, 0.25) is 0 Å². The van der Waals surface area contributed by atoms with Crippen LogP contribution in [0.3, 0.4) is 0 Å². The van der Waals surface area contributed by atoms with Crippen LogP contribution in [0.15, 0.2) is 12.3 Å². The van der Waals surface area contributed by atoms with Crippen molar-refractivity contribution in [3.63, 3.8) is 0 Å². The van der Waals surface area contributed by atoms with E-state index >= 15 is 0 Å². The molecule has 0 aliphatic heterocycles. The Hall–Kier alpha value is -1.36. The standard InChI is InChI=1S/C13H22N4O/c1-10-7-13(8-10,9-14)12(18)15-5-3-11-4-6-17(2)16-11/h4,6,10H,3,5,7-9,14H2,1-2H3,(H,15,18). The van der Waals surface area contributed by atoms with E-state index in [0.29, 0.717) is 19.0 Å². The van der Waals surface area contributed by atoms with Gasteiger partial charge in [0.05, 0.1) is 11.1 Å². The van der Waals surface area contributed by atoms with Gasteiger partial charge in [0, 0.05) is 32.8 Å². The van der Waals surface area contributed by atoms with Crippen LogP contribution < -0.4 is 11.1 Å². The molecule has 1 fully saturated rings. The lowest BCUT2D eigenvalue weighted by Crippen LogP contribution is -2.53. The van der Waals surface area contributed by atoms with Crippen molar-refractivity contribution in [3.8, 4) is 0 Å². The zero-order valence-corrected chi connectivity index (χ0v) is 11.1. The molecule has 1 aromatic heterocycles. The van der Waals surface area contributed by atoms with Gasteiger partial charge in [-0.05, 0) is 24.8 Å². The Balaban J connectivity index is 1.78. The maximum atomic E-state index is 12.1. The van der Waals surface area contributed by atoms with Crippen molar-refractivity contribution >= 4 is 5.91 Å². The van der Waals surface area contributed by atoms with Crippen LogP contribution in [-0.4, -0.2) is 28.8 Å². The zero-order chi connectivity index (χ0) is 13.2. The van der Waals surface area contributed by atoms with Crippen LogP contribution >= 0.6 is 0 Å². The maximum Gasteiger partial charge on any atom is 0.227 e. The Morgan fingerprint density at radius 1 is 1.67 bits per heavy atom. The molecule has 1 amide bonds. The molecule has 1 heterocycles. The summed E-state index contributed by atoms with van der Waals surface area (Å²) in [6, 6.07) is 1.97. The maximum absolute atomic E-state index is 12.1. The normalized spacial score (nSPS) is 26.7. The lowest BCUT2D eigenvalue weighted by Gasteiger charge is -2.44. The summed E-state index contributed by atoms with van der Waals surface area (Å²) in [6.45, 7) is 3.24. The number of nitrogens with two attached hydrogens (primary N) is 1. The van der Waals surface area contributed by atoms with Crippen LogP contribution in [0.25, 0.3) is 0 Å². The van der Waals surface area contributed by atoms with Gasteiger partial charge in [-0.3, -0.25) is 9.48 Å². The predicted molar refractivity (Wildman–Crippen MR) is 69.8 cm³/mol. The molecule has 3 N–H and O–H groups in total. The first-order chi connectivity index (χ1) is 8.55. The number of rotatable bonds is 5. The van der Waals surface area contributed by atoms with Crippen molar-refractivity contribution in [2.75, 3.05) is 13.1 Å². The fraction of sp³-hybridized carbons (Fsp3) is 0.692. The van der Waals surface area contributed by atoms with Crippen LogP contribution in [0.1, 0.15) is 25.5 Å². The number of hydrogen-bond acceptors (Lipinski definition) is 3. The molecule has 0 aromatic carbocycles. The number of amides is 1. The molecule has 0 saturated heterocycles. The number of aromatic nitrogens is 2. The quantitative estimate of drug-likeness (QED) is 0.797. The van der Waals surface area contributed by atoms with E-state index in [1.54, 1.807) is 4.68 Å². The minimum Gasteiger partial charge on any atom is -0.355 e. The van der Waals surface area contributed by atoms with Crippen LogP contribution in [-0.2, 0) is 18.3 Å². The van der Waals surface area contributed by atoms with E-state index in [1.165, 1.54) is 0 Å². The molecule has 2 rings (SSSR count). The molecule has 0 spiro atoms. The third kappa shape index (κ3) is 2.56. The Morgan fingerprint density at radius 3 is 2.89 bits per heavy atom. The summed E-state index contributed by atoms with van der Waals surface area (Å²) in [5, 5.41) is 7.26. The second-order valence-electron chi connectivity index (χ2n) is 5.48. The highest BCUT2D eigenvalue weighted by Gasteiger charge is 2.46. The molecule has 5 heteroatoms. The van der Waals surface area contributed by atoms with Gasteiger partial charge in [-0.1, -0.05) is 6.92 Å². The first-order valence-corrected chi connectivity index (χ1v) is 6.53. The van der Waals surface area contributed by atoms with E-state index in [4.69, 9.17) is 5.73 Å². The fourth-order valence-corrected chi connectivity index (χ4v) is 2.81. The number of nitrogens with one attached hydrogen (secondary N) is 1. The van der Waals surface area contributed by atoms with Crippen molar-refractivity contribution in [2.24, 2.45) is 24.1 Å². The molecule has 0 unspecified atom stereocenters. The highest BCUT2D eigenvalue weighted by molar-refractivity contribution is 5.83. The number of carbonyl (C=O) groups excluding carboxylic acids is 1. The highest BCUT2D eigenvalue weighted by atomic mass is 16.2. The molecule has 0 radical (unpaired) electrons. The number of aryl methyl sites for hydroxylation is 1. The monoisotopic (exact) mass is 250 g/mol. The van der Waals surface area contributed by atoms with Gasteiger partial charge in [-0.25, -0.2) is 0 Å². The van der Waals surface area contributed by atoms with Crippen molar-refractivity contribution in [3.05, 3.63) is 18.0 Å². The van der Waals surface area contributed by atoms with Crippen molar-refractivity contribution in [1.82, 2.24) is 15.1 Å². The van der Waals surface area contributed by atoms with Gasteiger partial charge in [0.25, 0.3) is 0 Å². The van der Waals surface area contributed by atoms with E-state index in [9.17, 15) is 4.79 Å². The van der Waals surface area contributed by atoms with Crippen LogP contribution in [0, 0.1) is 11.3 Å². The molecule has 0 bridgehead atoms. The lowest BCUT2D eigenvalue weighted by atomic mass is 9.62. The smallest absolute Gasteiger partial charge is 0.227 e. The second kappa shape index (κ2) is 5.10. The Labute approximate surface area is 108 Å². The highest BCUT2D eigenvalue weighted by Crippen LogP contribution is 2.44. The van der Waals surface area contributed by atoms with E-state index < -0.39 is 0 Å². The van der Waals surface area contributed by atoms with E-state index in [2.05, 4.69) is 17.3 Å². The molecule has 1 saturated carbocycles. The predicted octanol–water partition coefficient (Wildman–Crippen LogP) is 0.454. The summed E-state index contributed by atoms with van der Waals surface area (Å²) in [5.41, 5.74) is 6.44. The third-order valence-corrected chi connectivity index (χ3v) is 3.79. The van der Waals surface area contributed by atoms with Gasteiger partial charge in [0.1, 0.15) is 0 Å². The molecule has 5 nitrogen and oxygen atoms in total. The van der Waals surface area contributed by atoms with Gasteiger partial charge in [-0.15, -0.1) is 0 Å². The Bertz CT molecular complexity index is 420. The fourth-order valence-electron chi connectivity index (χ4n) is 2.81. The summed E-state index contributed by atoms with van der Waals surface area (Å²) in [5.74, 6) is 0.731. The summed E-state index contributed by atoms with van der Waals surface area (Å²) < 4.78 is 1.77. The van der Waals surface area contributed by atoms with E-state index in [0.717, 1.165) is 25.0 Å². The van der Waals surface area contributed by atoms with Crippen LogP contribution in [0.5, 0.6) is 0 Å². The molecule has 100 valence electrons. The molecule has 18 heavy (non-hydrogen) atoms. The first-order valence-electron chi connectivity index (χ1n) is 6.53. The molecular formula is C13H22N4O. The van der Waals surface area contributed by atoms with Gasteiger partial charge < -0.3 is 11.1 Å². The zero-order valence-electron chi connectivity index (χ0n) is 11.1. The molecule has 1 aliphatic rings. The Kier molecular flexibility index (Phi) is 3.71. The van der Waals surface area contributed by atoms with Crippen molar-refractivity contribution in [1.29, 1.82) is 0 Å².